The number of nitrogens with one attached hydrogen (secondary N) is 1. The molecule has 3 heterocycles. The van der Waals surface area contributed by atoms with Crippen molar-refractivity contribution in [3.8, 4) is 0 Å². The predicted molar refractivity (Wildman–Crippen MR) is 126 cm³/mol. The molecule has 0 saturated carbocycles. The van der Waals surface area contributed by atoms with E-state index in [0.717, 1.165) is 45.6 Å². The molecule has 0 bridgehead atoms. The number of hydrogen-bond acceptors (Lipinski definition) is 4. The van der Waals surface area contributed by atoms with Crippen molar-refractivity contribution >= 4 is 43.5 Å². The number of hydrogen-bond donors (Lipinski definition) is 1. The van der Waals surface area contributed by atoms with Crippen molar-refractivity contribution < 1.29 is 4.79 Å². The summed E-state index contributed by atoms with van der Waals surface area (Å²) in [6.07, 6.45) is 9.04. The quantitative estimate of drug-likeness (QED) is 0.383. The Balaban J connectivity index is 1.51. The van der Waals surface area contributed by atoms with Crippen molar-refractivity contribution in [3.05, 3.63) is 78.5 Å². The van der Waals surface area contributed by atoms with Gasteiger partial charge < -0.3 is 9.55 Å². The van der Waals surface area contributed by atoms with E-state index in [1.807, 2.05) is 39.9 Å². The van der Waals surface area contributed by atoms with E-state index >= 15 is 0 Å². The Bertz CT molecular complexity index is 1330. The summed E-state index contributed by atoms with van der Waals surface area (Å²) in [6.45, 7) is 3.51. The molecule has 1 amide bonds. The number of amides is 1. The smallest absolute Gasteiger partial charge is 0.262 e. The lowest BCUT2D eigenvalue weighted by molar-refractivity contribution is 0.0988. The Morgan fingerprint density at radius 3 is 2.94 bits per heavy atom. The normalized spacial score (nSPS) is 11.4. The third kappa shape index (κ3) is 3.72. The zero-order valence-corrected chi connectivity index (χ0v) is 18.1. The van der Waals surface area contributed by atoms with Crippen LogP contribution in [-0.2, 0) is 13.0 Å². The van der Waals surface area contributed by atoms with Crippen LogP contribution in [0, 0.1) is 0 Å². The van der Waals surface area contributed by atoms with Crippen LogP contribution in [0.1, 0.15) is 29.3 Å². The van der Waals surface area contributed by atoms with E-state index in [4.69, 9.17) is 4.98 Å². The zero-order valence-electron chi connectivity index (χ0n) is 17.3. The van der Waals surface area contributed by atoms with Gasteiger partial charge in [-0.25, -0.2) is 9.97 Å². The zero-order chi connectivity index (χ0) is 21.2. The van der Waals surface area contributed by atoms with E-state index in [1.54, 1.807) is 30.1 Å². The Labute approximate surface area is 184 Å². The van der Waals surface area contributed by atoms with E-state index in [2.05, 4.69) is 35.1 Å². The van der Waals surface area contributed by atoms with E-state index in [-0.39, 0.29) is 5.91 Å². The summed E-state index contributed by atoms with van der Waals surface area (Å²) < 4.78 is 3.14. The lowest BCUT2D eigenvalue weighted by atomic mass is 10.1. The van der Waals surface area contributed by atoms with Crippen molar-refractivity contribution in [2.45, 2.75) is 26.3 Å². The Kier molecular flexibility index (Phi) is 5.26. The Morgan fingerprint density at radius 2 is 2.10 bits per heavy atom. The van der Waals surface area contributed by atoms with Gasteiger partial charge in [0.15, 0.2) is 5.13 Å². The van der Waals surface area contributed by atoms with E-state index < -0.39 is 0 Å². The highest BCUT2D eigenvalue weighted by molar-refractivity contribution is 7.22. The summed E-state index contributed by atoms with van der Waals surface area (Å²) in [7, 11) is 0. The molecule has 156 valence electrons. The molecule has 6 nitrogen and oxygen atoms in total. The number of carbonyl (C=O) groups excluding carboxylic acids is 1. The summed E-state index contributed by atoms with van der Waals surface area (Å²) in [5, 5.41) is 1.68. The maximum absolute atomic E-state index is 13.7. The van der Waals surface area contributed by atoms with E-state index in [9.17, 15) is 4.79 Å². The van der Waals surface area contributed by atoms with Gasteiger partial charge in [0, 0.05) is 42.6 Å². The molecular weight excluding hydrogens is 406 g/mol. The molecule has 2 aromatic carbocycles. The monoisotopic (exact) mass is 429 g/mol. The molecule has 7 heteroatoms. The molecule has 0 saturated heterocycles. The highest BCUT2D eigenvalue weighted by Crippen LogP contribution is 2.32. The van der Waals surface area contributed by atoms with Crippen LogP contribution in [0.4, 0.5) is 5.13 Å². The standard InChI is InChI=1S/C24H23N5OS/c1-2-17-7-5-10-21-22(17)27-24(31-21)29(13-6-12-28-14-11-25-16-28)23(30)19-15-26-20-9-4-3-8-18(19)20/h3-5,7-11,14-16,26H,2,6,12-13H2,1H3. The number of nitrogens with zero attached hydrogens (tertiary/aromatic N) is 4. The number of aromatic nitrogens is 4. The minimum Gasteiger partial charge on any atom is -0.360 e. The van der Waals surface area contributed by atoms with Gasteiger partial charge in [0.05, 0.1) is 22.1 Å². The first-order valence-electron chi connectivity index (χ1n) is 10.5. The topological polar surface area (TPSA) is 66.8 Å². The highest BCUT2D eigenvalue weighted by atomic mass is 32.1. The van der Waals surface area contributed by atoms with Gasteiger partial charge in [-0.15, -0.1) is 0 Å². The fraction of sp³-hybridized carbons (Fsp3) is 0.208. The maximum atomic E-state index is 13.7. The van der Waals surface area contributed by atoms with Crippen LogP contribution in [0.15, 0.2) is 67.4 Å². The van der Waals surface area contributed by atoms with Crippen molar-refractivity contribution in [2.24, 2.45) is 0 Å². The van der Waals surface area contributed by atoms with Crippen LogP contribution in [0.5, 0.6) is 0 Å². The SMILES string of the molecule is CCc1cccc2sc(N(CCCn3ccnc3)C(=O)c3c[nH]c4ccccc34)nc12. The molecule has 1 N–H and O–H groups in total. The van der Waals surface area contributed by atoms with Crippen molar-refractivity contribution in [3.63, 3.8) is 0 Å². The lowest BCUT2D eigenvalue weighted by Crippen LogP contribution is -2.32. The number of imidazole rings is 1. The molecule has 5 rings (SSSR count). The molecule has 0 aliphatic heterocycles. The number of H-pyrrole nitrogens is 1. The van der Waals surface area contributed by atoms with Gasteiger partial charge >= 0.3 is 0 Å². The summed E-state index contributed by atoms with van der Waals surface area (Å²) in [6, 6.07) is 14.1. The van der Waals surface area contributed by atoms with Crippen molar-refractivity contribution in [2.75, 3.05) is 11.4 Å². The maximum Gasteiger partial charge on any atom is 0.262 e. The highest BCUT2D eigenvalue weighted by Gasteiger charge is 2.24. The Hall–Kier alpha value is -3.45. The second-order valence-corrected chi connectivity index (χ2v) is 8.48. The van der Waals surface area contributed by atoms with E-state index in [0.29, 0.717) is 12.1 Å². The first-order chi connectivity index (χ1) is 15.2. The van der Waals surface area contributed by atoms with Crippen molar-refractivity contribution in [1.29, 1.82) is 0 Å². The number of para-hydroxylation sites is 2. The summed E-state index contributed by atoms with van der Waals surface area (Å²) in [5.41, 5.74) is 3.84. The van der Waals surface area contributed by atoms with Gasteiger partial charge in [0.25, 0.3) is 5.91 Å². The van der Waals surface area contributed by atoms with Crippen LogP contribution in [-0.4, -0.2) is 32.0 Å². The largest absolute Gasteiger partial charge is 0.360 e. The number of aryl methyl sites for hydroxylation is 2. The van der Waals surface area contributed by atoms with Crippen LogP contribution in [0.3, 0.4) is 0 Å². The second-order valence-electron chi connectivity index (χ2n) is 7.47. The molecule has 5 aromatic rings. The summed E-state index contributed by atoms with van der Waals surface area (Å²) in [4.78, 5) is 27.8. The number of fused-ring (bicyclic) bond motifs is 2. The molecule has 3 aromatic heterocycles. The summed E-state index contributed by atoms with van der Waals surface area (Å²) in [5.74, 6) is -0.0276. The number of rotatable bonds is 7. The number of anilines is 1. The fourth-order valence-electron chi connectivity index (χ4n) is 3.90. The molecular formula is C24H23N5OS. The number of benzene rings is 2. The first-order valence-corrected chi connectivity index (χ1v) is 11.3. The van der Waals surface area contributed by atoms with Crippen LogP contribution in [0.25, 0.3) is 21.1 Å². The van der Waals surface area contributed by atoms with Gasteiger partial charge in [-0.2, -0.15) is 0 Å². The van der Waals surface area contributed by atoms with Gasteiger partial charge in [-0.3, -0.25) is 9.69 Å². The van der Waals surface area contributed by atoms with Crippen LogP contribution in [0.2, 0.25) is 0 Å². The third-order valence-electron chi connectivity index (χ3n) is 5.53. The van der Waals surface area contributed by atoms with Gasteiger partial charge in [0.1, 0.15) is 0 Å². The molecule has 0 aliphatic carbocycles. The van der Waals surface area contributed by atoms with Gasteiger partial charge in [-0.1, -0.05) is 48.6 Å². The average molecular weight is 430 g/mol. The molecule has 0 atom stereocenters. The number of thiazole rings is 1. The first kappa shape index (κ1) is 19.5. The number of carbonyl (C=O) groups is 1. The van der Waals surface area contributed by atoms with Gasteiger partial charge in [-0.05, 0) is 30.5 Å². The van der Waals surface area contributed by atoms with Crippen LogP contribution < -0.4 is 4.90 Å². The molecule has 0 unspecified atom stereocenters. The molecule has 0 radical (unpaired) electrons. The lowest BCUT2D eigenvalue weighted by Gasteiger charge is -2.20. The van der Waals surface area contributed by atoms with Gasteiger partial charge in [0.2, 0.25) is 0 Å². The summed E-state index contributed by atoms with van der Waals surface area (Å²) >= 11 is 1.58. The number of aromatic amines is 1. The predicted octanol–water partition coefficient (Wildman–Crippen LogP) is 5.27. The fourth-order valence-corrected chi connectivity index (χ4v) is 4.94. The minimum atomic E-state index is -0.0276. The molecule has 31 heavy (non-hydrogen) atoms. The van der Waals surface area contributed by atoms with Crippen molar-refractivity contribution in [1.82, 2.24) is 19.5 Å². The minimum absolute atomic E-state index is 0.0276. The molecule has 0 spiro atoms. The van der Waals surface area contributed by atoms with Crippen LogP contribution >= 0.6 is 11.3 Å². The Morgan fingerprint density at radius 1 is 1.19 bits per heavy atom. The molecule has 0 aliphatic rings. The average Bonchev–Trinajstić information content (AvgIpc) is 3.55. The molecule has 0 fully saturated rings. The van der Waals surface area contributed by atoms with E-state index in [1.165, 1.54) is 5.56 Å². The third-order valence-corrected chi connectivity index (χ3v) is 6.57. The second kappa shape index (κ2) is 8.35.